The first kappa shape index (κ1) is 19.7. The molecule has 3 rings (SSSR count). The summed E-state index contributed by atoms with van der Waals surface area (Å²) in [5, 5.41) is 2.63. The molecule has 1 unspecified atom stereocenters. The highest BCUT2D eigenvalue weighted by Gasteiger charge is 2.36. The zero-order chi connectivity index (χ0) is 19.4. The molecular weight excluding hydrogens is 366 g/mol. The summed E-state index contributed by atoms with van der Waals surface area (Å²) in [5.74, 6) is -1.41. The zero-order valence-corrected chi connectivity index (χ0v) is 16.5. The van der Waals surface area contributed by atoms with E-state index in [2.05, 4.69) is 10.2 Å². The van der Waals surface area contributed by atoms with Crippen molar-refractivity contribution in [3.63, 3.8) is 0 Å². The van der Waals surface area contributed by atoms with E-state index in [1.165, 1.54) is 24.2 Å². The Morgan fingerprint density at radius 2 is 1.81 bits per heavy atom. The summed E-state index contributed by atoms with van der Waals surface area (Å²) < 4.78 is 23.3. The molecule has 2 saturated heterocycles. The van der Waals surface area contributed by atoms with Crippen LogP contribution >= 0.6 is 0 Å². The predicted octanol–water partition coefficient (Wildman–Crippen LogP) is 1.65. The monoisotopic (exact) mass is 393 g/mol. The number of carbonyl (C=O) groups excluding carboxylic acids is 2. The maximum absolute atomic E-state index is 12.5. The quantitative estimate of drug-likeness (QED) is 0.786. The van der Waals surface area contributed by atoms with Crippen LogP contribution in [0.1, 0.15) is 32.6 Å². The normalized spacial score (nSPS) is 21.7. The van der Waals surface area contributed by atoms with Crippen LogP contribution in [-0.4, -0.2) is 62.3 Å². The van der Waals surface area contributed by atoms with E-state index in [-0.39, 0.29) is 11.5 Å². The van der Waals surface area contributed by atoms with Crippen molar-refractivity contribution in [3.8, 4) is 0 Å². The number of hydrogen-bond donors (Lipinski definition) is 1. The van der Waals surface area contributed by atoms with Gasteiger partial charge in [0.05, 0.1) is 11.5 Å². The van der Waals surface area contributed by atoms with Crippen molar-refractivity contribution >= 4 is 33.0 Å². The lowest BCUT2D eigenvalue weighted by molar-refractivity contribution is -0.144. The fraction of sp³-hybridized carbons (Fsp3) is 0.579. The van der Waals surface area contributed by atoms with Gasteiger partial charge in [-0.3, -0.25) is 9.59 Å². The van der Waals surface area contributed by atoms with Crippen molar-refractivity contribution in [2.45, 2.75) is 38.6 Å². The van der Waals surface area contributed by atoms with Gasteiger partial charge < -0.3 is 15.1 Å². The molecule has 148 valence electrons. The maximum atomic E-state index is 12.5. The van der Waals surface area contributed by atoms with Gasteiger partial charge >= 0.3 is 11.8 Å². The number of carbonyl (C=O) groups is 2. The fourth-order valence-corrected chi connectivity index (χ4v) is 5.54. The molecule has 0 spiro atoms. The topological polar surface area (TPSA) is 86.8 Å². The number of amides is 2. The average molecular weight is 394 g/mol. The third kappa shape index (κ3) is 4.80. The van der Waals surface area contributed by atoms with E-state index in [0.29, 0.717) is 18.7 Å². The van der Waals surface area contributed by atoms with Crippen LogP contribution in [0.25, 0.3) is 0 Å². The Hall–Kier alpha value is -2.09. The molecule has 1 atom stereocenters. The van der Waals surface area contributed by atoms with Crippen LogP contribution < -0.4 is 10.2 Å². The fourth-order valence-electron chi connectivity index (χ4n) is 3.81. The molecular formula is C19H27N3O4S. The number of anilines is 2. The highest BCUT2D eigenvalue weighted by Crippen LogP contribution is 2.22. The minimum Gasteiger partial charge on any atom is -0.372 e. The van der Waals surface area contributed by atoms with E-state index in [1.807, 2.05) is 12.1 Å². The highest BCUT2D eigenvalue weighted by atomic mass is 32.2. The second kappa shape index (κ2) is 8.29. The van der Waals surface area contributed by atoms with Crippen molar-refractivity contribution in [2.75, 3.05) is 41.4 Å². The van der Waals surface area contributed by atoms with Crippen molar-refractivity contribution in [3.05, 3.63) is 24.3 Å². The summed E-state index contributed by atoms with van der Waals surface area (Å²) in [4.78, 5) is 28.5. The zero-order valence-electron chi connectivity index (χ0n) is 15.7. The Morgan fingerprint density at radius 3 is 2.37 bits per heavy atom. The summed E-state index contributed by atoms with van der Waals surface area (Å²) >= 11 is 0. The molecule has 2 aliphatic rings. The van der Waals surface area contributed by atoms with E-state index in [9.17, 15) is 18.0 Å². The van der Waals surface area contributed by atoms with Crippen LogP contribution in [-0.2, 0) is 19.4 Å². The molecule has 2 heterocycles. The molecule has 1 aromatic carbocycles. The van der Waals surface area contributed by atoms with Crippen molar-refractivity contribution in [1.29, 1.82) is 0 Å². The Balaban J connectivity index is 1.61. The largest absolute Gasteiger partial charge is 0.372 e. The van der Waals surface area contributed by atoms with Gasteiger partial charge in [-0.15, -0.1) is 0 Å². The van der Waals surface area contributed by atoms with Crippen molar-refractivity contribution in [2.24, 2.45) is 0 Å². The van der Waals surface area contributed by atoms with E-state index >= 15 is 0 Å². The van der Waals surface area contributed by atoms with Gasteiger partial charge in [-0.2, -0.15) is 0 Å². The molecule has 7 nitrogen and oxygen atoms in total. The van der Waals surface area contributed by atoms with E-state index in [0.717, 1.165) is 18.8 Å². The minimum atomic E-state index is -3.11. The third-order valence-corrected chi connectivity index (χ3v) is 7.04. The first-order chi connectivity index (χ1) is 12.9. The van der Waals surface area contributed by atoms with E-state index in [1.54, 1.807) is 19.1 Å². The highest BCUT2D eigenvalue weighted by molar-refractivity contribution is 7.91. The number of likely N-dealkylation sites (N-methyl/N-ethyl adjacent to an activating group) is 1. The summed E-state index contributed by atoms with van der Waals surface area (Å²) in [6.45, 7) is 4.14. The molecule has 0 saturated carbocycles. The SMILES string of the molecule is CCN(C(=O)C(=O)Nc1ccc(N2CCCCC2)cc1)C1CCS(=O)(=O)C1. The van der Waals surface area contributed by atoms with Crippen LogP contribution in [0.5, 0.6) is 0 Å². The smallest absolute Gasteiger partial charge is 0.313 e. The molecule has 0 bridgehead atoms. The first-order valence-electron chi connectivity index (χ1n) is 9.57. The maximum Gasteiger partial charge on any atom is 0.313 e. The Labute approximate surface area is 160 Å². The van der Waals surface area contributed by atoms with Crippen molar-refractivity contribution in [1.82, 2.24) is 4.90 Å². The van der Waals surface area contributed by atoms with Gasteiger partial charge in [-0.25, -0.2) is 8.42 Å². The second-order valence-corrected chi connectivity index (χ2v) is 9.43. The number of rotatable bonds is 4. The molecule has 1 N–H and O–H groups in total. The number of nitrogens with one attached hydrogen (secondary N) is 1. The lowest BCUT2D eigenvalue weighted by Gasteiger charge is -2.29. The van der Waals surface area contributed by atoms with Gasteiger partial charge in [0.25, 0.3) is 0 Å². The van der Waals surface area contributed by atoms with Crippen LogP contribution in [0.4, 0.5) is 11.4 Å². The van der Waals surface area contributed by atoms with Crippen LogP contribution in [0.2, 0.25) is 0 Å². The summed E-state index contributed by atoms with van der Waals surface area (Å²) in [6.07, 6.45) is 4.04. The molecule has 0 aliphatic carbocycles. The number of benzene rings is 1. The third-order valence-electron chi connectivity index (χ3n) is 5.29. The number of nitrogens with zero attached hydrogens (tertiary/aromatic N) is 2. The number of piperidine rings is 1. The van der Waals surface area contributed by atoms with Crippen LogP contribution in [0, 0.1) is 0 Å². The molecule has 8 heteroatoms. The molecule has 0 aromatic heterocycles. The standard InChI is InChI=1S/C19H27N3O4S/c1-2-22(17-10-13-27(25,26)14-17)19(24)18(23)20-15-6-8-16(9-7-15)21-11-4-3-5-12-21/h6-9,17H,2-5,10-14H2,1H3,(H,20,23). The number of hydrogen-bond acceptors (Lipinski definition) is 5. The Bertz CT molecular complexity index is 786. The molecule has 2 fully saturated rings. The van der Waals surface area contributed by atoms with Crippen LogP contribution in [0.15, 0.2) is 24.3 Å². The number of sulfone groups is 1. The van der Waals surface area contributed by atoms with Crippen LogP contribution in [0.3, 0.4) is 0 Å². The molecule has 2 amide bonds. The molecule has 27 heavy (non-hydrogen) atoms. The van der Waals surface area contributed by atoms with Gasteiger partial charge in [-0.1, -0.05) is 0 Å². The second-order valence-electron chi connectivity index (χ2n) is 7.20. The molecule has 1 aromatic rings. The minimum absolute atomic E-state index is 0.0651. The van der Waals surface area contributed by atoms with Gasteiger partial charge in [0, 0.05) is 37.1 Å². The first-order valence-corrected chi connectivity index (χ1v) is 11.4. The molecule has 0 radical (unpaired) electrons. The van der Waals surface area contributed by atoms with Gasteiger partial charge in [0.1, 0.15) is 0 Å². The average Bonchev–Trinajstić information content (AvgIpc) is 3.03. The van der Waals surface area contributed by atoms with E-state index in [4.69, 9.17) is 0 Å². The summed E-state index contributed by atoms with van der Waals surface area (Å²) in [6, 6.07) is 7.08. The predicted molar refractivity (Wildman–Crippen MR) is 106 cm³/mol. The van der Waals surface area contributed by atoms with Gasteiger partial charge in [0.2, 0.25) is 0 Å². The van der Waals surface area contributed by atoms with E-state index < -0.39 is 27.7 Å². The Morgan fingerprint density at radius 1 is 1.15 bits per heavy atom. The molecule has 2 aliphatic heterocycles. The lowest BCUT2D eigenvalue weighted by Crippen LogP contribution is -2.46. The van der Waals surface area contributed by atoms with Gasteiger partial charge in [0.15, 0.2) is 9.84 Å². The summed E-state index contributed by atoms with van der Waals surface area (Å²) in [7, 11) is -3.11. The lowest BCUT2D eigenvalue weighted by atomic mass is 10.1. The summed E-state index contributed by atoms with van der Waals surface area (Å²) in [5.41, 5.74) is 1.68. The Kier molecular flexibility index (Phi) is 6.04. The van der Waals surface area contributed by atoms with Gasteiger partial charge in [-0.05, 0) is 56.9 Å². The van der Waals surface area contributed by atoms with Crippen molar-refractivity contribution < 1.29 is 18.0 Å².